The lowest BCUT2D eigenvalue weighted by atomic mass is 10.00. The van der Waals surface area contributed by atoms with Gasteiger partial charge in [-0.05, 0) is 45.2 Å². The van der Waals surface area contributed by atoms with Crippen LogP contribution in [0.25, 0.3) is 0 Å². The van der Waals surface area contributed by atoms with Crippen LogP contribution in [0.15, 0.2) is 18.3 Å². The van der Waals surface area contributed by atoms with Crippen molar-refractivity contribution in [2.24, 2.45) is 0 Å². The average molecular weight is 289 g/mol. The minimum absolute atomic E-state index is 0.0974. The van der Waals surface area contributed by atoms with Crippen LogP contribution >= 0.6 is 0 Å². The zero-order valence-corrected chi connectivity index (χ0v) is 13.5. The maximum Gasteiger partial charge on any atom is 0.128 e. The Morgan fingerprint density at radius 1 is 1.29 bits per heavy atom. The zero-order valence-electron chi connectivity index (χ0n) is 13.5. The quantitative estimate of drug-likeness (QED) is 0.855. The highest BCUT2D eigenvalue weighted by atomic mass is 16.5. The molecule has 1 aromatic rings. The molecular formula is C17H27N3O. The van der Waals surface area contributed by atoms with Gasteiger partial charge in [-0.3, -0.25) is 4.90 Å². The van der Waals surface area contributed by atoms with Crippen molar-refractivity contribution in [3.8, 4) is 0 Å². The van der Waals surface area contributed by atoms with E-state index in [0.29, 0.717) is 6.10 Å². The third-order valence-corrected chi connectivity index (χ3v) is 4.67. The van der Waals surface area contributed by atoms with Gasteiger partial charge >= 0.3 is 0 Å². The molecule has 21 heavy (non-hydrogen) atoms. The number of rotatable bonds is 3. The Kier molecular flexibility index (Phi) is 4.18. The Labute approximate surface area is 128 Å². The minimum Gasteiger partial charge on any atom is -0.375 e. The minimum atomic E-state index is 0.0974. The van der Waals surface area contributed by atoms with Gasteiger partial charge in [0.2, 0.25) is 0 Å². The Morgan fingerprint density at radius 2 is 2.05 bits per heavy atom. The van der Waals surface area contributed by atoms with Crippen molar-refractivity contribution >= 4 is 5.82 Å². The molecule has 0 spiro atoms. The molecule has 3 rings (SSSR count). The van der Waals surface area contributed by atoms with Gasteiger partial charge in [-0.1, -0.05) is 6.07 Å². The number of pyridine rings is 1. The van der Waals surface area contributed by atoms with Crippen molar-refractivity contribution in [3.63, 3.8) is 0 Å². The van der Waals surface area contributed by atoms with Gasteiger partial charge in [-0.25, -0.2) is 4.98 Å². The summed E-state index contributed by atoms with van der Waals surface area (Å²) in [6.45, 7) is 11.7. The lowest BCUT2D eigenvalue weighted by Crippen LogP contribution is -2.54. The van der Waals surface area contributed by atoms with E-state index < -0.39 is 0 Å². The first-order valence-electron chi connectivity index (χ1n) is 8.11. The van der Waals surface area contributed by atoms with Crippen LogP contribution in [-0.2, 0) is 11.3 Å². The van der Waals surface area contributed by atoms with Gasteiger partial charge in [0, 0.05) is 37.9 Å². The topological polar surface area (TPSA) is 28.6 Å². The van der Waals surface area contributed by atoms with Crippen molar-refractivity contribution < 1.29 is 4.74 Å². The van der Waals surface area contributed by atoms with E-state index in [2.05, 4.69) is 47.7 Å². The van der Waals surface area contributed by atoms with Gasteiger partial charge in [0.05, 0.1) is 12.7 Å². The zero-order chi connectivity index (χ0) is 14.9. The molecule has 0 radical (unpaired) electrons. The van der Waals surface area contributed by atoms with E-state index in [-0.39, 0.29) is 5.54 Å². The molecule has 2 aliphatic heterocycles. The van der Waals surface area contributed by atoms with Crippen LogP contribution in [0.3, 0.4) is 0 Å². The first-order chi connectivity index (χ1) is 10.0. The summed E-state index contributed by atoms with van der Waals surface area (Å²) < 4.78 is 5.78. The Bertz CT molecular complexity index is 465. The molecule has 0 amide bonds. The molecule has 0 aliphatic carbocycles. The predicted octanol–water partition coefficient (Wildman–Crippen LogP) is 2.68. The lowest BCUT2D eigenvalue weighted by molar-refractivity contribution is -0.0949. The fourth-order valence-corrected chi connectivity index (χ4v) is 3.19. The standard InChI is InChI=1S/C17H27N3O/c1-14-11-20(17(2,3)13-21-14)12-15-6-7-16(18-10-15)19-8-4-5-9-19/h6-7,10,14H,4-5,8-9,11-13H2,1-3H3/t14-/m0/s1. The summed E-state index contributed by atoms with van der Waals surface area (Å²) in [5.74, 6) is 1.13. The predicted molar refractivity (Wildman–Crippen MR) is 85.6 cm³/mol. The molecule has 0 bridgehead atoms. The molecule has 116 valence electrons. The van der Waals surface area contributed by atoms with Crippen molar-refractivity contribution in [2.75, 3.05) is 31.1 Å². The van der Waals surface area contributed by atoms with Crippen molar-refractivity contribution in [1.82, 2.24) is 9.88 Å². The Morgan fingerprint density at radius 3 is 2.71 bits per heavy atom. The summed E-state index contributed by atoms with van der Waals surface area (Å²) in [5, 5.41) is 0. The van der Waals surface area contributed by atoms with Crippen LogP contribution in [0.2, 0.25) is 0 Å². The number of aromatic nitrogens is 1. The Balaban J connectivity index is 1.66. The van der Waals surface area contributed by atoms with Gasteiger partial charge in [0.1, 0.15) is 5.82 Å². The highest BCUT2D eigenvalue weighted by Gasteiger charge is 2.33. The third kappa shape index (κ3) is 3.38. The van der Waals surface area contributed by atoms with Gasteiger partial charge in [-0.2, -0.15) is 0 Å². The molecule has 1 atom stereocenters. The molecule has 2 aliphatic rings. The van der Waals surface area contributed by atoms with Gasteiger partial charge in [0.25, 0.3) is 0 Å². The summed E-state index contributed by atoms with van der Waals surface area (Å²) in [6.07, 6.45) is 4.95. The normalized spacial score (nSPS) is 26.2. The molecule has 0 aromatic carbocycles. The lowest BCUT2D eigenvalue weighted by Gasteiger charge is -2.44. The van der Waals surface area contributed by atoms with E-state index in [0.717, 1.165) is 38.6 Å². The number of hydrogen-bond acceptors (Lipinski definition) is 4. The molecule has 0 saturated carbocycles. The first-order valence-corrected chi connectivity index (χ1v) is 8.11. The van der Waals surface area contributed by atoms with Crippen molar-refractivity contribution in [2.45, 2.75) is 51.8 Å². The highest BCUT2D eigenvalue weighted by Crippen LogP contribution is 2.25. The summed E-state index contributed by atoms with van der Waals surface area (Å²) in [6, 6.07) is 4.41. The largest absolute Gasteiger partial charge is 0.375 e. The van der Waals surface area contributed by atoms with Crippen molar-refractivity contribution in [3.05, 3.63) is 23.9 Å². The molecule has 0 N–H and O–H groups in total. The van der Waals surface area contributed by atoms with E-state index in [1.807, 2.05) is 6.20 Å². The smallest absolute Gasteiger partial charge is 0.128 e. The SMILES string of the molecule is C[C@H]1CN(Cc2ccc(N3CCCC3)nc2)C(C)(C)CO1. The summed E-state index contributed by atoms with van der Waals surface area (Å²) >= 11 is 0. The molecule has 2 saturated heterocycles. The number of nitrogens with zero attached hydrogens (tertiary/aromatic N) is 3. The number of ether oxygens (including phenoxy) is 1. The maximum absolute atomic E-state index is 5.78. The van der Waals surface area contributed by atoms with E-state index in [1.54, 1.807) is 0 Å². The van der Waals surface area contributed by atoms with Crippen LogP contribution in [0.4, 0.5) is 5.82 Å². The average Bonchev–Trinajstić information content (AvgIpc) is 2.98. The van der Waals surface area contributed by atoms with Crippen LogP contribution in [0, 0.1) is 0 Å². The summed E-state index contributed by atoms with van der Waals surface area (Å²) in [5.41, 5.74) is 1.39. The number of anilines is 1. The second kappa shape index (κ2) is 5.93. The first kappa shape index (κ1) is 14.8. The van der Waals surface area contributed by atoms with E-state index in [9.17, 15) is 0 Å². The molecule has 2 fully saturated rings. The second-order valence-electron chi connectivity index (χ2n) is 7.03. The number of hydrogen-bond donors (Lipinski definition) is 0. The summed E-state index contributed by atoms with van der Waals surface area (Å²) in [7, 11) is 0. The molecular weight excluding hydrogens is 262 g/mol. The van der Waals surface area contributed by atoms with Crippen LogP contribution in [0.1, 0.15) is 39.2 Å². The van der Waals surface area contributed by atoms with Crippen molar-refractivity contribution in [1.29, 1.82) is 0 Å². The van der Waals surface area contributed by atoms with E-state index in [1.165, 1.54) is 18.4 Å². The fraction of sp³-hybridized carbons (Fsp3) is 0.706. The van der Waals surface area contributed by atoms with Gasteiger partial charge < -0.3 is 9.64 Å². The van der Waals surface area contributed by atoms with Gasteiger partial charge in [-0.15, -0.1) is 0 Å². The summed E-state index contributed by atoms with van der Waals surface area (Å²) in [4.78, 5) is 9.55. The van der Waals surface area contributed by atoms with E-state index in [4.69, 9.17) is 4.74 Å². The molecule has 1 aromatic heterocycles. The molecule has 0 unspecified atom stereocenters. The number of morpholine rings is 1. The molecule has 3 heterocycles. The van der Waals surface area contributed by atoms with Crippen LogP contribution < -0.4 is 4.90 Å². The van der Waals surface area contributed by atoms with Crippen LogP contribution in [-0.4, -0.2) is 47.8 Å². The fourth-order valence-electron chi connectivity index (χ4n) is 3.19. The van der Waals surface area contributed by atoms with Crippen LogP contribution in [0.5, 0.6) is 0 Å². The second-order valence-corrected chi connectivity index (χ2v) is 7.03. The maximum atomic E-state index is 5.78. The molecule has 4 nitrogen and oxygen atoms in total. The third-order valence-electron chi connectivity index (χ3n) is 4.67. The highest BCUT2D eigenvalue weighted by molar-refractivity contribution is 5.40. The van der Waals surface area contributed by atoms with E-state index >= 15 is 0 Å². The molecule has 4 heteroatoms. The monoisotopic (exact) mass is 289 g/mol. The van der Waals surface area contributed by atoms with Gasteiger partial charge in [0.15, 0.2) is 0 Å². The Hall–Kier alpha value is -1.13.